The molecule has 0 saturated carbocycles. The minimum absolute atomic E-state index is 0.627. The van der Waals surface area contributed by atoms with Gasteiger partial charge in [0.2, 0.25) is 0 Å². The summed E-state index contributed by atoms with van der Waals surface area (Å²) in [6.45, 7) is 2.20. The lowest BCUT2D eigenvalue weighted by Crippen LogP contribution is -1.91. The van der Waals surface area contributed by atoms with Gasteiger partial charge in [0, 0.05) is 17.1 Å². The third kappa shape index (κ3) is 2.27. The van der Waals surface area contributed by atoms with Gasteiger partial charge in [0.25, 0.3) is 0 Å². The number of aryl methyl sites for hydroxylation is 1. The van der Waals surface area contributed by atoms with E-state index in [0.29, 0.717) is 5.69 Å². The molecule has 0 fully saturated rings. The number of fused-ring (bicyclic) bond motifs is 1. The molecule has 3 rings (SSSR count). The van der Waals surface area contributed by atoms with E-state index >= 15 is 0 Å². The number of rotatable bonds is 5. The Morgan fingerprint density at radius 3 is 2.80 bits per heavy atom. The Morgan fingerprint density at radius 2 is 2.10 bits per heavy atom. The molecule has 0 aliphatic carbocycles. The summed E-state index contributed by atoms with van der Waals surface area (Å²) in [6, 6.07) is 8.38. The Hall–Kier alpha value is -1.94. The van der Waals surface area contributed by atoms with Crippen LogP contribution in [0.1, 0.15) is 35.8 Å². The summed E-state index contributed by atoms with van der Waals surface area (Å²) >= 11 is 1.54. The first-order chi connectivity index (χ1) is 9.83. The van der Waals surface area contributed by atoms with Gasteiger partial charge in [-0.3, -0.25) is 9.20 Å². The molecule has 0 amide bonds. The fourth-order valence-electron chi connectivity index (χ4n) is 2.34. The van der Waals surface area contributed by atoms with E-state index in [0.717, 1.165) is 28.9 Å². The van der Waals surface area contributed by atoms with E-state index < -0.39 is 0 Å². The average molecular weight is 284 g/mol. The lowest BCUT2D eigenvalue weighted by Gasteiger charge is -2.02. The summed E-state index contributed by atoms with van der Waals surface area (Å²) in [6.07, 6.45) is 6.28. The maximum Gasteiger partial charge on any atom is 0.194 e. The number of nitrogens with zero attached hydrogens (tertiary/aromatic N) is 2. The number of thiazole rings is 1. The van der Waals surface area contributed by atoms with E-state index in [1.54, 1.807) is 0 Å². The topological polar surface area (TPSA) is 34.4 Å². The van der Waals surface area contributed by atoms with Crippen LogP contribution >= 0.6 is 11.3 Å². The summed E-state index contributed by atoms with van der Waals surface area (Å²) in [5.74, 6) is 0. The Labute approximate surface area is 121 Å². The quantitative estimate of drug-likeness (QED) is 0.657. The highest BCUT2D eigenvalue weighted by Crippen LogP contribution is 2.26. The van der Waals surface area contributed by atoms with Crippen molar-refractivity contribution in [2.45, 2.75) is 26.2 Å². The van der Waals surface area contributed by atoms with Gasteiger partial charge in [-0.15, -0.1) is 11.3 Å². The molecule has 0 radical (unpaired) electrons. The van der Waals surface area contributed by atoms with Gasteiger partial charge in [-0.25, -0.2) is 4.98 Å². The monoisotopic (exact) mass is 284 g/mol. The van der Waals surface area contributed by atoms with Crippen LogP contribution in [0.15, 0.2) is 35.8 Å². The van der Waals surface area contributed by atoms with E-state index in [2.05, 4.69) is 36.2 Å². The highest BCUT2D eigenvalue weighted by molar-refractivity contribution is 7.15. The average Bonchev–Trinajstić information content (AvgIpc) is 3.05. The molecule has 20 heavy (non-hydrogen) atoms. The van der Waals surface area contributed by atoms with E-state index in [1.807, 2.05) is 16.0 Å². The molecule has 1 aromatic carbocycles. The molecule has 102 valence electrons. The molecule has 2 aromatic heterocycles. The van der Waals surface area contributed by atoms with Crippen LogP contribution in [-0.2, 0) is 6.42 Å². The number of carbonyl (C=O) groups is 1. The van der Waals surface area contributed by atoms with Crippen LogP contribution in [-0.4, -0.2) is 15.7 Å². The normalized spacial score (nSPS) is 11.1. The first-order valence-electron chi connectivity index (χ1n) is 6.83. The molecular formula is C16H16N2OS. The lowest BCUT2D eigenvalue weighted by molar-refractivity contribution is 0.111. The first-order valence-corrected chi connectivity index (χ1v) is 7.71. The van der Waals surface area contributed by atoms with Gasteiger partial charge in [0.1, 0.15) is 11.4 Å². The number of benzene rings is 1. The van der Waals surface area contributed by atoms with Crippen LogP contribution in [0.4, 0.5) is 0 Å². The molecule has 0 atom stereocenters. The van der Waals surface area contributed by atoms with E-state index in [9.17, 15) is 4.79 Å². The van der Waals surface area contributed by atoms with Crippen LogP contribution in [0.2, 0.25) is 0 Å². The van der Waals surface area contributed by atoms with Gasteiger partial charge >= 0.3 is 0 Å². The predicted octanol–water partition coefficient (Wildman–Crippen LogP) is 4.22. The molecule has 3 nitrogen and oxygen atoms in total. The molecule has 0 spiro atoms. The summed E-state index contributed by atoms with van der Waals surface area (Å²) in [7, 11) is 0. The molecule has 2 heterocycles. The van der Waals surface area contributed by atoms with Crippen molar-refractivity contribution < 1.29 is 4.79 Å². The zero-order valence-electron chi connectivity index (χ0n) is 11.4. The van der Waals surface area contributed by atoms with Gasteiger partial charge in [0.15, 0.2) is 11.2 Å². The number of hydrogen-bond acceptors (Lipinski definition) is 3. The van der Waals surface area contributed by atoms with Gasteiger partial charge in [0.05, 0.1) is 0 Å². The molecule has 0 unspecified atom stereocenters. The molecule has 0 aliphatic rings. The van der Waals surface area contributed by atoms with Crippen molar-refractivity contribution in [3.63, 3.8) is 0 Å². The third-order valence-corrected chi connectivity index (χ3v) is 4.21. The molecule has 0 bridgehead atoms. The summed E-state index contributed by atoms with van der Waals surface area (Å²) in [5.41, 5.74) is 3.74. The Kier molecular flexibility index (Phi) is 3.65. The van der Waals surface area contributed by atoms with Gasteiger partial charge in [-0.05, 0) is 18.4 Å². The summed E-state index contributed by atoms with van der Waals surface area (Å²) in [5, 5.41) is 1.94. The number of imidazole rings is 1. The molecule has 0 N–H and O–H groups in total. The predicted molar refractivity (Wildman–Crippen MR) is 82.5 cm³/mol. The van der Waals surface area contributed by atoms with Crippen LogP contribution in [0, 0.1) is 0 Å². The fourth-order valence-corrected chi connectivity index (χ4v) is 3.06. The van der Waals surface area contributed by atoms with Crippen molar-refractivity contribution in [1.82, 2.24) is 9.38 Å². The second kappa shape index (κ2) is 5.59. The fraction of sp³-hybridized carbons (Fsp3) is 0.250. The Morgan fingerprint density at radius 1 is 1.30 bits per heavy atom. The second-order valence-corrected chi connectivity index (χ2v) is 5.69. The van der Waals surface area contributed by atoms with Crippen LogP contribution < -0.4 is 0 Å². The molecule has 0 saturated heterocycles. The zero-order chi connectivity index (χ0) is 13.9. The van der Waals surface area contributed by atoms with Crippen LogP contribution in [0.5, 0.6) is 0 Å². The number of unbranched alkanes of at least 4 members (excludes halogenated alkanes) is 1. The molecule has 4 heteroatoms. The van der Waals surface area contributed by atoms with Crippen LogP contribution in [0.25, 0.3) is 16.2 Å². The van der Waals surface area contributed by atoms with E-state index in [-0.39, 0.29) is 0 Å². The number of hydrogen-bond donors (Lipinski definition) is 0. The standard InChI is InChI=1S/C16H16N2OS/c1-2-3-4-12-5-7-13(8-6-12)15-14(11-19)18-9-10-20-16(18)17-15/h5-11H,2-4H2,1H3. The van der Waals surface area contributed by atoms with Gasteiger partial charge in [-0.2, -0.15) is 0 Å². The summed E-state index contributed by atoms with van der Waals surface area (Å²) < 4.78 is 1.85. The number of aldehydes is 1. The Bertz CT molecular complexity index is 725. The maximum absolute atomic E-state index is 11.3. The van der Waals surface area contributed by atoms with E-state index in [1.165, 1.54) is 29.7 Å². The Balaban J connectivity index is 1.97. The van der Waals surface area contributed by atoms with Crippen molar-refractivity contribution in [2.24, 2.45) is 0 Å². The summed E-state index contributed by atoms with van der Waals surface area (Å²) in [4.78, 5) is 16.7. The maximum atomic E-state index is 11.3. The minimum Gasteiger partial charge on any atom is -0.296 e. The molecular weight excluding hydrogens is 268 g/mol. The lowest BCUT2D eigenvalue weighted by atomic mass is 10.0. The van der Waals surface area contributed by atoms with Gasteiger partial charge < -0.3 is 0 Å². The molecule has 3 aromatic rings. The number of aromatic nitrogens is 2. The minimum atomic E-state index is 0.627. The zero-order valence-corrected chi connectivity index (χ0v) is 12.2. The first kappa shape index (κ1) is 13.1. The van der Waals surface area contributed by atoms with Crippen molar-refractivity contribution in [3.8, 4) is 11.3 Å². The molecule has 0 aliphatic heterocycles. The van der Waals surface area contributed by atoms with Crippen LogP contribution in [0.3, 0.4) is 0 Å². The third-order valence-electron chi connectivity index (χ3n) is 3.46. The highest BCUT2D eigenvalue weighted by Gasteiger charge is 2.13. The number of carbonyl (C=O) groups excluding carboxylic acids is 1. The van der Waals surface area contributed by atoms with Crippen molar-refractivity contribution >= 4 is 22.6 Å². The van der Waals surface area contributed by atoms with Crippen molar-refractivity contribution in [3.05, 3.63) is 47.1 Å². The largest absolute Gasteiger partial charge is 0.296 e. The van der Waals surface area contributed by atoms with Gasteiger partial charge in [-0.1, -0.05) is 37.6 Å². The van der Waals surface area contributed by atoms with Crippen molar-refractivity contribution in [1.29, 1.82) is 0 Å². The SMILES string of the molecule is CCCCc1ccc(-c2nc3sccn3c2C=O)cc1. The van der Waals surface area contributed by atoms with Crippen molar-refractivity contribution in [2.75, 3.05) is 0 Å². The van der Waals surface area contributed by atoms with E-state index in [4.69, 9.17) is 0 Å². The second-order valence-electron chi connectivity index (χ2n) is 4.82. The smallest absolute Gasteiger partial charge is 0.194 e. The highest BCUT2D eigenvalue weighted by atomic mass is 32.1.